The Kier molecular flexibility index (Phi) is 5.40. The first-order chi connectivity index (χ1) is 14.3. The van der Waals surface area contributed by atoms with E-state index in [2.05, 4.69) is 30.3 Å². The van der Waals surface area contributed by atoms with Crippen LogP contribution in [0.5, 0.6) is 5.75 Å². The van der Waals surface area contributed by atoms with Gasteiger partial charge >= 0.3 is 5.97 Å². The molecule has 0 fully saturated rings. The van der Waals surface area contributed by atoms with E-state index < -0.39 is 5.97 Å². The number of fused-ring (bicyclic) bond motifs is 3. The Labute approximate surface area is 168 Å². The molecule has 0 radical (unpaired) electrons. The maximum absolute atomic E-state index is 12.1. The largest absolute Gasteiger partial charge is 0.493 e. The summed E-state index contributed by atoms with van der Waals surface area (Å²) in [6, 6.07) is 26.9. The van der Waals surface area contributed by atoms with Crippen LogP contribution in [0.3, 0.4) is 0 Å². The van der Waals surface area contributed by atoms with Crippen molar-refractivity contribution in [2.75, 3.05) is 13.2 Å². The highest BCUT2D eigenvalue weighted by Crippen LogP contribution is 2.33. The Morgan fingerprint density at radius 2 is 1.52 bits per heavy atom. The van der Waals surface area contributed by atoms with Crippen molar-refractivity contribution in [1.82, 2.24) is 0 Å². The second kappa shape index (κ2) is 8.45. The third-order valence-corrected chi connectivity index (χ3v) is 4.76. The molecule has 0 unspecified atom stereocenters. The molecular formula is C25H19NO3. The molecule has 0 heterocycles. The van der Waals surface area contributed by atoms with Gasteiger partial charge in [0.15, 0.2) is 0 Å². The number of esters is 1. The van der Waals surface area contributed by atoms with Gasteiger partial charge in [0.05, 0.1) is 30.4 Å². The van der Waals surface area contributed by atoms with E-state index in [9.17, 15) is 4.79 Å². The molecule has 0 aliphatic carbocycles. The third-order valence-electron chi connectivity index (χ3n) is 4.76. The summed E-state index contributed by atoms with van der Waals surface area (Å²) in [7, 11) is 0. The fourth-order valence-corrected chi connectivity index (χ4v) is 3.31. The fourth-order valence-electron chi connectivity index (χ4n) is 3.31. The van der Waals surface area contributed by atoms with E-state index in [1.54, 1.807) is 24.3 Å². The van der Waals surface area contributed by atoms with Gasteiger partial charge in [-0.1, -0.05) is 48.5 Å². The quantitative estimate of drug-likeness (QED) is 0.252. The lowest BCUT2D eigenvalue weighted by Gasteiger charge is -2.12. The van der Waals surface area contributed by atoms with Crippen LogP contribution in [-0.4, -0.2) is 19.2 Å². The maximum Gasteiger partial charge on any atom is 0.338 e. The first kappa shape index (κ1) is 18.5. The summed E-state index contributed by atoms with van der Waals surface area (Å²) in [5, 5.41) is 13.4. The zero-order valence-corrected chi connectivity index (χ0v) is 15.8. The van der Waals surface area contributed by atoms with Crippen LogP contribution >= 0.6 is 0 Å². The number of carbonyl (C=O) groups excluding carboxylic acids is 1. The Hall–Kier alpha value is -3.84. The minimum Gasteiger partial charge on any atom is -0.493 e. The van der Waals surface area contributed by atoms with Gasteiger partial charge < -0.3 is 9.47 Å². The number of hydrogen-bond donors (Lipinski definition) is 0. The van der Waals surface area contributed by atoms with Crippen LogP contribution < -0.4 is 4.74 Å². The van der Waals surface area contributed by atoms with Gasteiger partial charge in [-0.25, -0.2) is 4.79 Å². The van der Waals surface area contributed by atoms with Crippen molar-refractivity contribution in [1.29, 1.82) is 5.26 Å². The highest BCUT2D eigenvalue weighted by Gasteiger charge is 2.09. The molecule has 4 heteroatoms. The van der Waals surface area contributed by atoms with Crippen molar-refractivity contribution in [3.05, 3.63) is 90.0 Å². The number of ether oxygens (including phenoxy) is 2. The molecule has 4 rings (SSSR count). The number of hydrogen-bond acceptors (Lipinski definition) is 4. The first-order valence-corrected chi connectivity index (χ1v) is 9.47. The van der Waals surface area contributed by atoms with E-state index in [-0.39, 0.29) is 6.61 Å². The molecule has 0 aliphatic heterocycles. The molecule has 4 aromatic rings. The van der Waals surface area contributed by atoms with Crippen molar-refractivity contribution in [2.24, 2.45) is 0 Å². The molecule has 0 N–H and O–H groups in total. The first-order valence-electron chi connectivity index (χ1n) is 9.47. The van der Waals surface area contributed by atoms with E-state index in [0.29, 0.717) is 24.2 Å². The van der Waals surface area contributed by atoms with E-state index >= 15 is 0 Å². The zero-order chi connectivity index (χ0) is 20.1. The van der Waals surface area contributed by atoms with Crippen LogP contribution in [0.2, 0.25) is 0 Å². The normalized spacial score (nSPS) is 10.6. The average Bonchev–Trinajstić information content (AvgIpc) is 2.78. The van der Waals surface area contributed by atoms with E-state index in [1.165, 1.54) is 5.39 Å². The van der Waals surface area contributed by atoms with Crippen molar-refractivity contribution in [3.63, 3.8) is 0 Å². The second-order valence-electron chi connectivity index (χ2n) is 6.67. The summed E-state index contributed by atoms with van der Waals surface area (Å²) < 4.78 is 11.3. The SMILES string of the molecule is N#Cc1ccc(C(=O)OCCCOc2cc3ccccc3c3ccccc23)cc1. The van der Waals surface area contributed by atoms with Gasteiger partial charge in [0.2, 0.25) is 0 Å². The summed E-state index contributed by atoms with van der Waals surface area (Å²) >= 11 is 0. The van der Waals surface area contributed by atoms with Crippen LogP contribution in [0.25, 0.3) is 21.5 Å². The van der Waals surface area contributed by atoms with Crippen LogP contribution in [0.1, 0.15) is 22.3 Å². The minimum atomic E-state index is -0.398. The van der Waals surface area contributed by atoms with Gasteiger partial charge in [-0.05, 0) is 46.5 Å². The van der Waals surface area contributed by atoms with Gasteiger partial charge in [0.1, 0.15) is 5.75 Å². The molecule has 29 heavy (non-hydrogen) atoms. The summed E-state index contributed by atoms with van der Waals surface area (Å²) in [5.74, 6) is 0.434. The zero-order valence-electron chi connectivity index (χ0n) is 15.8. The van der Waals surface area contributed by atoms with Crippen molar-refractivity contribution in [3.8, 4) is 11.8 Å². The monoisotopic (exact) mass is 381 g/mol. The Balaban J connectivity index is 1.37. The summed E-state index contributed by atoms with van der Waals surface area (Å²) in [4.78, 5) is 12.1. The lowest BCUT2D eigenvalue weighted by Crippen LogP contribution is -2.09. The van der Waals surface area contributed by atoms with Crippen molar-refractivity contribution < 1.29 is 14.3 Å². The molecule has 0 amide bonds. The lowest BCUT2D eigenvalue weighted by molar-refractivity contribution is 0.0486. The number of carbonyl (C=O) groups is 1. The minimum absolute atomic E-state index is 0.268. The topological polar surface area (TPSA) is 59.3 Å². The fraction of sp³-hybridized carbons (Fsp3) is 0.120. The Morgan fingerprint density at radius 1 is 0.828 bits per heavy atom. The molecule has 0 atom stereocenters. The summed E-state index contributed by atoms with van der Waals surface area (Å²) in [5.41, 5.74) is 0.947. The van der Waals surface area contributed by atoms with E-state index in [1.807, 2.05) is 30.3 Å². The van der Waals surface area contributed by atoms with Gasteiger partial charge in [-0.15, -0.1) is 0 Å². The molecular weight excluding hydrogens is 362 g/mol. The number of nitriles is 1. The molecule has 4 nitrogen and oxygen atoms in total. The third kappa shape index (κ3) is 4.04. The Morgan fingerprint density at radius 3 is 2.28 bits per heavy atom. The lowest BCUT2D eigenvalue weighted by atomic mass is 10.0. The standard InChI is InChI=1S/C25H19NO3/c26-17-18-10-12-19(13-11-18)25(27)29-15-5-14-28-24-16-20-6-1-2-7-21(20)22-8-3-4-9-23(22)24/h1-4,6-13,16H,5,14-15H2. The highest BCUT2D eigenvalue weighted by atomic mass is 16.5. The second-order valence-corrected chi connectivity index (χ2v) is 6.67. The highest BCUT2D eigenvalue weighted by molar-refractivity contribution is 6.10. The molecule has 0 spiro atoms. The molecule has 0 aliphatic rings. The number of rotatable bonds is 6. The molecule has 0 saturated carbocycles. The number of benzene rings is 4. The van der Waals surface area contributed by atoms with Gasteiger partial charge in [0.25, 0.3) is 0 Å². The number of nitrogens with zero attached hydrogens (tertiary/aromatic N) is 1. The Bertz CT molecular complexity index is 1210. The summed E-state index contributed by atoms with van der Waals surface area (Å²) in [6.45, 7) is 0.716. The van der Waals surface area contributed by atoms with Gasteiger partial charge in [0, 0.05) is 11.8 Å². The smallest absolute Gasteiger partial charge is 0.338 e. The maximum atomic E-state index is 12.1. The van der Waals surface area contributed by atoms with Crippen LogP contribution in [0.15, 0.2) is 78.9 Å². The molecule has 4 aromatic carbocycles. The van der Waals surface area contributed by atoms with E-state index in [4.69, 9.17) is 14.7 Å². The predicted molar refractivity (Wildman–Crippen MR) is 113 cm³/mol. The summed E-state index contributed by atoms with van der Waals surface area (Å²) in [6.07, 6.45) is 0.586. The van der Waals surface area contributed by atoms with Crippen LogP contribution in [0.4, 0.5) is 0 Å². The van der Waals surface area contributed by atoms with E-state index in [0.717, 1.165) is 21.9 Å². The van der Waals surface area contributed by atoms with Crippen molar-refractivity contribution in [2.45, 2.75) is 6.42 Å². The van der Waals surface area contributed by atoms with Crippen LogP contribution in [0, 0.1) is 11.3 Å². The van der Waals surface area contributed by atoms with Crippen molar-refractivity contribution >= 4 is 27.5 Å². The molecule has 0 saturated heterocycles. The van der Waals surface area contributed by atoms with Gasteiger partial charge in [-0.3, -0.25) is 0 Å². The predicted octanol–water partition coefficient (Wildman–Crippen LogP) is 5.49. The van der Waals surface area contributed by atoms with Gasteiger partial charge in [-0.2, -0.15) is 5.26 Å². The molecule has 0 bridgehead atoms. The molecule has 0 aromatic heterocycles. The van der Waals surface area contributed by atoms with Crippen LogP contribution in [-0.2, 0) is 4.74 Å². The average molecular weight is 381 g/mol. The molecule has 142 valence electrons.